The Bertz CT molecular complexity index is 617. The number of aromatic nitrogens is 2. The Balaban J connectivity index is 1.74. The standard InChI is InChI=1S/C13H15BFN3O2/c15-12-2-1-10(7-11(12)14(19)20)8-17-5-6-18-4-3-16-13(18)9-17/h1-4,7,19-20H,5-6,8-9H2. The second kappa shape index (κ2) is 5.36. The molecule has 0 aliphatic carbocycles. The van der Waals surface area contributed by atoms with E-state index in [0.29, 0.717) is 6.54 Å². The molecule has 20 heavy (non-hydrogen) atoms. The van der Waals surface area contributed by atoms with Gasteiger partial charge in [0.15, 0.2) is 0 Å². The Morgan fingerprint density at radius 2 is 2.15 bits per heavy atom. The molecule has 0 saturated carbocycles. The zero-order valence-corrected chi connectivity index (χ0v) is 10.9. The number of hydrogen-bond donors (Lipinski definition) is 2. The Labute approximate surface area is 116 Å². The van der Waals surface area contributed by atoms with Crippen LogP contribution in [0.3, 0.4) is 0 Å². The van der Waals surface area contributed by atoms with E-state index in [4.69, 9.17) is 10.0 Å². The lowest BCUT2D eigenvalue weighted by Gasteiger charge is -2.27. The monoisotopic (exact) mass is 275 g/mol. The van der Waals surface area contributed by atoms with Crippen LogP contribution in [0, 0.1) is 5.82 Å². The van der Waals surface area contributed by atoms with Gasteiger partial charge in [0.25, 0.3) is 0 Å². The average molecular weight is 275 g/mol. The highest BCUT2D eigenvalue weighted by atomic mass is 19.1. The Hall–Kier alpha value is -1.70. The van der Waals surface area contributed by atoms with Crippen molar-refractivity contribution in [1.29, 1.82) is 0 Å². The van der Waals surface area contributed by atoms with Crippen LogP contribution in [0.15, 0.2) is 30.6 Å². The van der Waals surface area contributed by atoms with Crippen LogP contribution >= 0.6 is 0 Å². The van der Waals surface area contributed by atoms with E-state index >= 15 is 0 Å². The minimum absolute atomic E-state index is 0.0824. The minimum Gasteiger partial charge on any atom is -0.423 e. The van der Waals surface area contributed by atoms with Crippen molar-refractivity contribution in [2.45, 2.75) is 19.6 Å². The van der Waals surface area contributed by atoms with E-state index in [0.717, 1.165) is 31.0 Å². The Morgan fingerprint density at radius 1 is 1.30 bits per heavy atom. The first kappa shape index (κ1) is 13.3. The maximum Gasteiger partial charge on any atom is 0.491 e. The van der Waals surface area contributed by atoms with Gasteiger partial charge in [0.2, 0.25) is 0 Å². The molecule has 1 aromatic heterocycles. The van der Waals surface area contributed by atoms with Gasteiger partial charge in [0, 0.05) is 37.5 Å². The lowest BCUT2D eigenvalue weighted by molar-refractivity contribution is 0.209. The van der Waals surface area contributed by atoms with E-state index in [2.05, 4.69) is 14.5 Å². The molecule has 0 amide bonds. The van der Waals surface area contributed by atoms with Crippen LogP contribution in [0.2, 0.25) is 0 Å². The number of nitrogens with zero attached hydrogens (tertiary/aromatic N) is 3. The van der Waals surface area contributed by atoms with E-state index in [-0.39, 0.29) is 5.46 Å². The molecule has 0 saturated heterocycles. The fraction of sp³-hybridized carbons (Fsp3) is 0.308. The van der Waals surface area contributed by atoms with Crippen LogP contribution in [0.4, 0.5) is 4.39 Å². The lowest BCUT2D eigenvalue weighted by Crippen LogP contribution is -2.35. The number of hydrogen-bond acceptors (Lipinski definition) is 4. The zero-order valence-electron chi connectivity index (χ0n) is 10.9. The van der Waals surface area contributed by atoms with Gasteiger partial charge >= 0.3 is 7.12 Å². The highest BCUT2D eigenvalue weighted by molar-refractivity contribution is 6.58. The smallest absolute Gasteiger partial charge is 0.423 e. The number of halogens is 1. The van der Waals surface area contributed by atoms with E-state index in [1.54, 1.807) is 12.3 Å². The summed E-state index contributed by atoms with van der Waals surface area (Å²) >= 11 is 0. The molecule has 0 atom stereocenters. The SMILES string of the molecule is OB(O)c1cc(CN2CCn3ccnc3C2)ccc1F. The first-order valence-electron chi connectivity index (χ1n) is 6.50. The Morgan fingerprint density at radius 3 is 2.95 bits per heavy atom. The summed E-state index contributed by atoms with van der Waals surface area (Å²) in [4.78, 5) is 6.49. The van der Waals surface area contributed by atoms with Gasteiger partial charge in [-0.2, -0.15) is 0 Å². The third-order valence-corrected chi connectivity index (χ3v) is 3.57. The predicted octanol–water partition coefficient (Wildman–Crippen LogP) is -0.282. The fourth-order valence-corrected chi connectivity index (χ4v) is 2.51. The van der Waals surface area contributed by atoms with Crippen LogP contribution in [-0.4, -0.2) is 38.2 Å². The molecule has 0 radical (unpaired) electrons. The molecule has 0 fully saturated rings. The van der Waals surface area contributed by atoms with Gasteiger partial charge in [-0.3, -0.25) is 4.90 Å². The molecular formula is C13H15BFN3O2. The molecular weight excluding hydrogens is 260 g/mol. The number of benzene rings is 1. The van der Waals surface area contributed by atoms with Gasteiger partial charge in [-0.05, 0) is 11.6 Å². The van der Waals surface area contributed by atoms with E-state index in [1.165, 1.54) is 12.1 Å². The van der Waals surface area contributed by atoms with E-state index in [1.807, 2.05) is 6.20 Å². The average Bonchev–Trinajstić information content (AvgIpc) is 2.88. The van der Waals surface area contributed by atoms with Crippen molar-refractivity contribution in [3.05, 3.63) is 47.8 Å². The van der Waals surface area contributed by atoms with Crippen molar-refractivity contribution in [3.63, 3.8) is 0 Å². The molecule has 3 rings (SSSR count). The summed E-state index contributed by atoms with van der Waals surface area (Å²) in [7, 11) is -1.78. The topological polar surface area (TPSA) is 61.5 Å². The van der Waals surface area contributed by atoms with E-state index in [9.17, 15) is 4.39 Å². The third-order valence-electron chi connectivity index (χ3n) is 3.57. The summed E-state index contributed by atoms with van der Waals surface area (Å²) in [6.07, 6.45) is 3.75. The van der Waals surface area contributed by atoms with Crippen molar-refractivity contribution >= 4 is 12.6 Å². The summed E-state index contributed by atoms with van der Waals surface area (Å²) in [5, 5.41) is 18.3. The number of imidazole rings is 1. The van der Waals surface area contributed by atoms with Gasteiger partial charge < -0.3 is 14.6 Å². The maximum absolute atomic E-state index is 13.4. The maximum atomic E-state index is 13.4. The molecule has 2 aromatic rings. The molecule has 1 aliphatic rings. The first-order valence-corrected chi connectivity index (χ1v) is 6.50. The molecule has 1 aromatic carbocycles. The molecule has 7 heteroatoms. The molecule has 2 N–H and O–H groups in total. The van der Waals surface area contributed by atoms with Crippen molar-refractivity contribution in [2.24, 2.45) is 0 Å². The highest BCUT2D eigenvalue weighted by Crippen LogP contribution is 2.13. The second-order valence-electron chi connectivity index (χ2n) is 4.98. The first-order chi connectivity index (χ1) is 9.63. The van der Waals surface area contributed by atoms with Crippen molar-refractivity contribution in [1.82, 2.24) is 14.5 Å². The molecule has 0 bridgehead atoms. The zero-order chi connectivity index (χ0) is 14.1. The van der Waals surface area contributed by atoms with Crippen LogP contribution < -0.4 is 5.46 Å². The van der Waals surface area contributed by atoms with Crippen LogP contribution in [0.1, 0.15) is 11.4 Å². The minimum atomic E-state index is -1.78. The van der Waals surface area contributed by atoms with Crippen molar-refractivity contribution in [2.75, 3.05) is 6.54 Å². The van der Waals surface area contributed by atoms with Gasteiger partial charge in [-0.1, -0.05) is 12.1 Å². The molecule has 0 unspecified atom stereocenters. The van der Waals surface area contributed by atoms with E-state index < -0.39 is 12.9 Å². The van der Waals surface area contributed by atoms with Gasteiger partial charge in [0.05, 0.1) is 6.54 Å². The van der Waals surface area contributed by atoms with Gasteiger partial charge in [0.1, 0.15) is 11.6 Å². The fourth-order valence-electron chi connectivity index (χ4n) is 2.51. The molecule has 0 spiro atoms. The Kier molecular flexibility index (Phi) is 3.56. The highest BCUT2D eigenvalue weighted by Gasteiger charge is 2.19. The summed E-state index contributed by atoms with van der Waals surface area (Å²) < 4.78 is 15.5. The summed E-state index contributed by atoms with van der Waals surface area (Å²) in [5.41, 5.74) is 0.774. The lowest BCUT2D eigenvalue weighted by atomic mass is 9.79. The van der Waals surface area contributed by atoms with Crippen LogP contribution in [0.5, 0.6) is 0 Å². The summed E-state index contributed by atoms with van der Waals surface area (Å²) in [6.45, 7) is 3.14. The van der Waals surface area contributed by atoms with Crippen molar-refractivity contribution < 1.29 is 14.4 Å². The summed E-state index contributed by atoms with van der Waals surface area (Å²) in [5.74, 6) is 0.415. The quantitative estimate of drug-likeness (QED) is 0.756. The molecule has 5 nitrogen and oxygen atoms in total. The second-order valence-corrected chi connectivity index (χ2v) is 4.98. The van der Waals surface area contributed by atoms with Crippen LogP contribution in [-0.2, 0) is 19.6 Å². The van der Waals surface area contributed by atoms with Crippen molar-refractivity contribution in [3.8, 4) is 0 Å². The normalized spacial score (nSPS) is 15.2. The largest absolute Gasteiger partial charge is 0.491 e. The molecule has 104 valence electrons. The van der Waals surface area contributed by atoms with Gasteiger partial charge in [-0.25, -0.2) is 9.37 Å². The molecule has 1 aliphatic heterocycles. The predicted molar refractivity (Wildman–Crippen MR) is 72.6 cm³/mol. The summed E-state index contributed by atoms with van der Waals surface area (Å²) in [6, 6.07) is 4.44. The third kappa shape index (κ3) is 2.60. The van der Waals surface area contributed by atoms with Gasteiger partial charge in [-0.15, -0.1) is 0 Å². The number of fused-ring (bicyclic) bond motifs is 1. The molecule has 2 heterocycles. The van der Waals surface area contributed by atoms with Crippen LogP contribution in [0.25, 0.3) is 0 Å². The number of rotatable bonds is 3.